The quantitative estimate of drug-likeness (QED) is 0.484. The van der Waals surface area contributed by atoms with Gasteiger partial charge in [-0.1, -0.05) is 34.1 Å². The lowest BCUT2D eigenvalue weighted by Gasteiger charge is -2.12. The van der Waals surface area contributed by atoms with E-state index >= 15 is 0 Å². The maximum atomic E-state index is 13.6. The standard InChI is InChI=1S/C16H14BrFN2O3/c1-10-8-12(6-7-15(10)20(22)23)19-16(21)13(17)9-11-4-2-3-5-14(11)18/h2-8,13H,9H2,1H3,(H,19,21). The lowest BCUT2D eigenvalue weighted by Crippen LogP contribution is -2.25. The van der Waals surface area contributed by atoms with Crippen LogP contribution in [0.4, 0.5) is 15.8 Å². The molecule has 1 N–H and O–H groups in total. The van der Waals surface area contributed by atoms with Crippen LogP contribution in [0.2, 0.25) is 0 Å². The highest BCUT2D eigenvalue weighted by Crippen LogP contribution is 2.22. The van der Waals surface area contributed by atoms with Gasteiger partial charge >= 0.3 is 0 Å². The van der Waals surface area contributed by atoms with Gasteiger partial charge in [-0.3, -0.25) is 14.9 Å². The van der Waals surface area contributed by atoms with Crippen LogP contribution >= 0.6 is 15.9 Å². The van der Waals surface area contributed by atoms with Crippen molar-refractivity contribution in [1.82, 2.24) is 0 Å². The molecular weight excluding hydrogens is 367 g/mol. The first-order valence-corrected chi connectivity index (χ1v) is 7.73. The van der Waals surface area contributed by atoms with Gasteiger partial charge in [-0.05, 0) is 37.1 Å². The summed E-state index contributed by atoms with van der Waals surface area (Å²) in [6.45, 7) is 1.60. The van der Waals surface area contributed by atoms with Gasteiger partial charge in [0.15, 0.2) is 0 Å². The zero-order valence-corrected chi connectivity index (χ0v) is 13.8. The molecule has 120 valence electrons. The molecule has 0 aliphatic carbocycles. The fraction of sp³-hybridized carbons (Fsp3) is 0.188. The highest BCUT2D eigenvalue weighted by Gasteiger charge is 2.18. The maximum absolute atomic E-state index is 13.6. The Labute approximate surface area is 140 Å². The van der Waals surface area contributed by atoms with Crippen molar-refractivity contribution in [1.29, 1.82) is 0 Å². The molecule has 0 aliphatic rings. The van der Waals surface area contributed by atoms with E-state index in [9.17, 15) is 19.3 Å². The van der Waals surface area contributed by atoms with Crippen molar-refractivity contribution in [3.63, 3.8) is 0 Å². The van der Waals surface area contributed by atoms with Crippen molar-refractivity contribution in [3.8, 4) is 0 Å². The Morgan fingerprint density at radius 1 is 1.35 bits per heavy atom. The second-order valence-corrected chi connectivity index (χ2v) is 6.12. The molecule has 1 amide bonds. The molecule has 0 saturated heterocycles. The SMILES string of the molecule is Cc1cc(NC(=O)C(Br)Cc2ccccc2F)ccc1[N+](=O)[O-]. The summed E-state index contributed by atoms with van der Waals surface area (Å²) in [6.07, 6.45) is 0.199. The van der Waals surface area contributed by atoms with Gasteiger partial charge in [0, 0.05) is 17.3 Å². The van der Waals surface area contributed by atoms with E-state index in [0.717, 1.165) is 0 Å². The van der Waals surface area contributed by atoms with Crippen molar-refractivity contribution in [3.05, 3.63) is 69.5 Å². The normalized spacial score (nSPS) is 11.8. The van der Waals surface area contributed by atoms with E-state index in [1.807, 2.05) is 0 Å². The lowest BCUT2D eigenvalue weighted by molar-refractivity contribution is -0.385. The first-order chi connectivity index (χ1) is 10.9. The van der Waals surface area contributed by atoms with E-state index in [-0.39, 0.29) is 23.8 Å². The number of benzene rings is 2. The van der Waals surface area contributed by atoms with Crippen LogP contribution < -0.4 is 5.32 Å². The number of carbonyl (C=O) groups excluding carboxylic acids is 1. The molecule has 7 heteroatoms. The summed E-state index contributed by atoms with van der Waals surface area (Å²) in [5.74, 6) is -0.711. The minimum absolute atomic E-state index is 0.00949. The number of nitro groups is 1. The number of amides is 1. The van der Waals surface area contributed by atoms with Crippen LogP contribution in [0.15, 0.2) is 42.5 Å². The van der Waals surface area contributed by atoms with E-state index in [2.05, 4.69) is 21.2 Å². The van der Waals surface area contributed by atoms with Gasteiger partial charge in [-0.15, -0.1) is 0 Å². The van der Waals surface area contributed by atoms with E-state index < -0.39 is 9.75 Å². The van der Waals surface area contributed by atoms with Gasteiger partial charge in [0.05, 0.1) is 9.75 Å². The zero-order chi connectivity index (χ0) is 17.0. The molecule has 1 atom stereocenters. The highest BCUT2D eigenvalue weighted by atomic mass is 79.9. The minimum Gasteiger partial charge on any atom is -0.325 e. The number of aryl methyl sites for hydroxylation is 1. The van der Waals surface area contributed by atoms with Crippen LogP contribution in [0.3, 0.4) is 0 Å². The van der Waals surface area contributed by atoms with E-state index in [0.29, 0.717) is 16.8 Å². The summed E-state index contributed by atoms with van der Waals surface area (Å²) in [5, 5.41) is 13.4. The molecule has 0 radical (unpaired) electrons. The van der Waals surface area contributed by atoms with Crippen LogP contribution in [-0.2, 0) is 11.2 Å². The van der Waals surface area contributed by atoms with E-state index in [1.165, 1.54) is 24.3 Å². The first kappa shape index (κ1) is 17.1. The molecule has 0 saturated carbocycles. The van der Waals surface area contributed by atoms with Crippen LogP contribution in [0.5, 0.6) is 0 Å². The molecule has 0 fully saturated rings. The number of alkyl halides is 1. The number of nitrogens with one attached hydrogen (secondary N) is 1. The van der Waals surface area contributed by atoms with Crippen molar-refractivity contribution < 1.29 is 14.1 Å². The number of rotatable bonds is 5. The van der Waals surface area contributed by atoms with Crippen molar-refractivity contribution in [2.75, 3.05) is 5.32 Å². The second-order valence-electron chi connectivity index (χ2n) is 5.01. The Hall–Kier alpha value is -2.28. The Balaban J connectivity index is 2.05. The molecule has 0 bridgehead atoms. The predicted molar refractivity (Wildman–Crippen MR) is 89.3 cm³/mol. The van der Waals surface area contributed by atoms with Crippen molar-refractivity contribution in [2.45, 2.75) is 18.2 Å². The summed E-state index contributed by atoms with van der Waals surface area (Å²) in [6, 6.07) is 10.6. The lowest BCUT2D eigenvalue weighted by atomic mass is 10.1. The van der Waals surface area contributed by atoms with Crippen LogP contribution in [0.1, 0.15) is 11.1 Å². The molecule has 5 nitrogen and oxygen atoms in total. The number of hydrogen-bond donors (Lipinski definition) is 1. The topological polar surface area (TPSA) is 72.2 Å². The third kappa shape index (κ3) is 4.35. The molecule has 1 unspecified atom stereocenters. The number of carbonyl (C=O) groups is 1. The fourth-order valence-electron chi connectivity index (χ4n) is 2.11. The average Bonchev–Trinajstić information content (AvgIpc) is 2.49. The first-order valence-electron chi connectivity index (χ1n) is 6.82. The monoisotopic (exact) mass is 380 g/mol. The number of halogens is 2. The molecule has 0 aromatic heterocycles. The molecule has 2 aromatic rings. The van der Waals surface area contributed by atoms with Gasteiger partial charge < -0.3 is 5.32 Å². The van der Waals surface area contributed by atoms with Crippen molar-refractivity contribution >= 4 is 33.2 Å². The summed E-state index contributed by atoms with van der Waals surface area (Å²) < 4.78 is 13.6. The Morgan fingerprint density at radius 2 is 2.04 bits per heavy atom. The molecular formula is C16H14BrFN2O3. The van der Waals surface area contributed by atoms with Gasteiger partial charge in [0.25, 0.3) is 5.69 Å². The largest absolute Gasteiger partial charge is 0.325 e. The van der Waals surface area contributed by atoms with Gasteiger partial charge in [-0.25, -0.2) is 4.39 Å². The second kappa shape index (κ2) is 7.32. The molecule has 0 heterocycles. The Bertz CT molecular complexity index is 752. The molecule has 23 heavy (non-hydrogen) atoms. The summed E-state index contributed by atoms with van der Waals surface area (Å²) in [5.41, 5.74) is 1.33. The number of anilines is 1. The third-order valence-corrected chi connectivity index (χ3v) is 4.04. The van der Waals surface area contributed by atoms with Gasteiger partial charge in [-0.2, -0.15) is 0 Å². The van der Waals surface area contributed by atoms with Crippen LogP contribution in [-0.4, -0.2) is 15.7 Å². The maximum Gasteiger partial charge on any atom is 0.272 e. The van der Waals surface area contributed by atoms with Crippen molar-refractivity contribution in [2.24, 2.45) is 0 Å². The smallest absolute Gasteiger partial charge is 0.272 e. The minimum atomic E-state index is -0.616. The Morgan fingerprint density at radius 3 is 2.65 bits per heavy atom. The fourth-order valence-corrected chi connectivity index (χ4v) is 2.57. The molecule has 0 aliphatic heterocycles. The third-order valence-electron chi connectivity index (χ3n) is 3.30. The summed E-state index contributed by atoms with van der Waals surface area (Å²) in [7, 11) is 0. The average molecular weight is 381 g/mol. The van der Waals surface area contributed by atoms with Crippen LogP contribution in [0.25, 0.3) is 0 Å². The predicted octanol–water partition coefficient (Wildman–Crippen LogP) is 3.99. The summed E-state index contributed by atoms with van der Waals surface area (Å²) >= 11 is 3.24. The molecule has 2 aromatic carbocycles. The van der Waals surface area contributed by atoms with Gasteiger partial charge in [0.2, 0.25) is 5.91 Å². The summed E-state index contributed by atoms with van der Waals surface area (Å²) in [4.78, 5) is 21.8. The van der Waals surface area contributed by atoms with Gasteiger partial charge in [0.1, 0.15) is 5.82 Å². The van der Waals surface area contributed by atoms with E-state index in [1.54, 1.807) is 25.1 Å². The number of nitrogens with zero attached hydrogens (tertiary/aromatic N) is 1. The number of hydrogen-bond acceptors (Lipinski definition) is 3. The van der Waals surface area contributed by atoms with Crippen LogP contribution in [0, 0.1) is 22.9 Å². The molecule has 2 rings (SSSR count). The molecule has 0 spiro atoms. The Kier molecular flexibility index (Phi) is 5.44. The number of nitro benzene ring substituents is 1. The highest BCUT2D eigenvalue weighted by molar-refractivity contribution is 9.10. The van der Waals surface area contributed by atoms with E-state index in [4.69, 9.17) is 0 Å². The zero-order valence-electron chi connectivity index (χ0n) is 12.3.